The molecule has 0 saturated heterocycles. The van der Waals surface area contributed by atoms with Crippen LogP contribution in [-0.4, -0.2) is 25.0 Å². The van der Waals surface area contributed by atoms with Crippen LogP contribution in [-0.2, 0) is 22.6 Å². The van der Waals surface area contributed by atoms with Crippen LogP contribution < -0.4 is 9.47 Å². The lowest BCUT2D eigenvalue weighted by Crippen LogP contribution is -2.24. The Bertz CT molecular complexity index is 774. The molecule has 0 aliphatic carbocycles. The Morgan fingerprint density at radius 2 is 1.77 bits per heavy atom. The number of methoxy groups -OCH3 is 1. The highest BCUT2D eigenvalue weighted by atomic mass is 16.6. The number of rotatable bonds is 7. The van der Waals surface area contributed by atoms with Gasteiger partial charge in [0.15, 0.2) is 17.8 Å². The number of benzene rings is 2. The molecule has 0 aromatic heterocycles. The predicted octanol–water partition coefficient (Wildman–Crippen LogP) is 3.97. The van der Waals surface area contributed by atoms with E-state index in [1.54, 1.807) is 18.2 Å². The second kappa shape index (κ2) is 8.52. The molecule has 0 radical (unpaired) electrons. The molecule has 0 saturated carbocycles. The van der Waals surface area contributed by atoms with Crippen LogP contribution in [0.2, 0.25) is 0 Å². The van der Waals surface area contributed by atoms with E-state index < -0.39 is 5.60 Å². The lowest BCUT2D eigenvalue weighted by Gasteiger charge is -2.19. The van der Waals surface area contributed by atoms with Crippen molar-refractivity contribution < 1.29 is 23.8 Å². The van der Waals surface area contributed by atoms with E-state index in [2.05, 4.69) is 0 Å². The lowest BCUT2D eigenvalue weighted by atomic mass is 10.1. The summed E-state index contributed by atoms with van der Waals surface area (Å²) in [6.07, 6.45) is 0.933. The van der Waals surface area contributed by atoms with Gasteiger partial charge in [0.25, 0.3) is 0 Å². The van der Waals surface area contributed by atoms with Crippen molar-refractivity contribution in [2.24, 2.45) is 0 Å². The summed E-state index contributed by atoms with van der Waals surface area (Å²) in [7, 11) is 1.50. The maximum atomic E-state index is 12.0. The molecule has 138 valence electrons. The molecular weight excluding hydrogens is 332 g/mol. The van der Waals surface area contributed by atoms with Gasteiger partial charge < -0.3 is 14.2 Å². The molecule has 0 bridgehead atoms. The molecule has 0 aliphatic rings. The van der Waals surface area contributed by atoms with Gasteiger partial charge in [0.1, 0.15) is 12.2 Å². The molecule has 2 aromatic rings. The lowest BCUT2D eigenvalue weighted by molar-refractivity contribution is -0.153. The Labute approximate surface area is 153 Å². The van der Waals surface area contributed by atoms with E-state index in [1.807, 2.05) is 45.0 Å². The van der Waals surface area contributed by atoms with Gasteiger partial charge >= 0.3 is 5.97 Å². The van der Waals surface area contributed by atoms with E-state index in [0.717, 1.165) is 17.4 Å². The molecule has 0 amide bonds. The van der Waals surface area contributed by atoms with Gasteiger partial charge in [0.05, 0.1) is 19.1 Å². The smallest absolute Gasteiger partial charge is 0.310 e. The Balaban J connectivity index is 2.05. The maximum Gasteiger partial charge on any atom is 0.310 e. The van der Waals surface area contributed by atoms with E-state index >= 15 is 0 Å². The summed E-state index contributed by atoms with van der Waals surface area (Å²) in [5, 5.41) is 0. The fraction of sp³-hybridized carbons (Fsp3) is 0.333. The van der Waals surface area contributed by atoms with Crippen molar-refractivity contribution in [2.75, 3.05) is 7.11 Å². The van der Waals surface area contributed by atoms with Crippen LogP contribution in [0.25, 0.3) is 0 Å². The first-order valence-electron chi connectivity index (χ1n) is 8.37. The van der Waals surface area contributed by atoms with Gasteiger partial charge in [-0.2, -0.15) is 0 Å². The highest BCUT2D eigenvalue weighted by molar-refractivity contribution is 5.81. The van der Waals surface area contributed by atoms with Crippen LogP contribution in [0.4, 0.5) is 0 Å². The molecule has 5 heteroatoms. The molecule has 26 heavy (non-hydrogen) atoms. The zero-order chi connectivity index (χ0) is 19.2. The summed E-state index contributed by atoms with van der Waals surface area (Å²) < 4.78 is 16.4. The SMILES string of the molecule is COc1c(C=O)cccc1OCc1cccc(CC(=O)OC(C)(C)C)c1. The van der Waals surface area contributed by atoms with Gasteiger partial charge in [0.2, 0.25) is 0 Å². The Hall–Kier alpha value is -2.82. The summed E-state index contributed by atoms with van der Waals surface area (Å²) in [5.41, 5.74) is 1.69. The second-order valence-electron chi connectivity index (χ2n) is 6.87. The standard InChI is InChI=1S/C21H24O5/c1-21(2,3)26-19(23)12-15-7-5-8-16(11-15)14-25-18-10-6-9-17(13-22)20(18)24-4/h5-11,13H,12,14H2,1-4H3. The second-order valence-corrected chi connectivity index (χ2v) is 6.87. The van der Waals surface area contributed by atoms with Crippen molar-refractivity contribution in [3.05, 3.63) is 59.2 Å². The average molecular weight is 356 g/mol. The van der Waals surface area contributed by atoms with Crippen LogP contribution in [0.15, 0.2) is 42.5 Å². The van der Waals surface area contributed by atoms with Crippen molar-refractivity contribution in [3.63, 3.8) is 0 Å². The molecule has 2 aromatic carbocycles. The van der Waals surface area contributed by atoms with E-state index in [-0.39, 0.29) is 12.4 Å². The third-order valence-electron chi connectivity index (χ3n) is 3.49. The number of hydrogen-bond donors (Lipinski definition) is 0. The summed E-state index contributed by atoms with van der Waals surface area (Å²) in [6.45, 7) is 5.82. The monoisotopic (exact) mass is 356 g/mol. The topological polar surface area (TPSA) is 61.8 Å². The number of para-hydroxylation sites is 1. The van der Waals surface area contributed by atoms with Crippen LogP contribution in [0.1, 0.15) is 42.3 Å². The van der Waals surface area contributed by atoms with Crippen molar-refractivity contribution >= 4 is 12.3 Å². The van der Waals surface area contributed by atoms with E-state index in [9.17, 15) is 9.59 Å². The molecule has 0 spiro atoms. The van der Waals surface area contributed by atoms with Crippen LogP contribution in [0, 0.1) is 0 Å². The maximum absolute atomic E-state index is 12.0. The van der Waals surface area contributed by atoms with Crippen LogP contribution in [0.3, 0.4) is 0 Å². The van der Waals surface area contributed by atoms with Gasteiger partial charge in [-0.1, -0.05) is 30.3 Å². The largest absolute Gasteiger partial charge is 0.492 e. The molecule has 0 atom stereocenters. The minimum Gasteiger partial charge on any atom is -0.492 e. The highest BCUT2D eigenvalue weighted by Crippen LogP contribution is 2.30. The van der Waals surface area contributed by atoms with Gasteiger partial charge in [-0.15, -0.1) is 0 Å². The zero-order valence-electron chi connectivity index (χ0n) is 15.6. The molecule has 0 fully saturated rings. The van der Waals surface area contributed by atoms with Crippen molar-refractivity contribution in [3.8, 4) is 11.5 Å². The average Bonchev–Trinajstić information content (AvgIpc) is 2.58. The Morgan fingerprint density at radius 1 is 1.08 bits per heavy atom. The van der Waals surface area contributed by atoms with E-state index in [0.29, 0.717) is 23.7 Å². The summed E-state index contributed by atoms with van der Waals surface area (Å²) in [5.74, 6) is 0.637. The number of esters is 1. The molecule has 0 N–H and O–H groups in total. The molecular formula is C21H24O5. The predicted molar refractivity (Wildman–Crippen MR) is 98.7 cm³/mol. The van der Waals surface area contributed by atoms with Crippen LogP contribution >= 0.6 is 0 Å². The number of hydrogen-bond acceptors (Lipinski definition) is 5. The quantitative estimate of drug-likeness (QED) is 0.555. The number of aldehydes is 1. The number of ether oxygens (including phenoxy) is 3. The molecule has 0 heterocycles. The summed E-state index contributed by atoms with van der Waals surface area (Å²) in [6, 6.07) is 12.7. The molecule has 0 unspecified atom stereocenters. The van der Waals surface area contributed by atoms with Crippen molar-refractivity contribution in [1.29, 1.82) is 0 Å². The summed E-state index contributed by atoms with van der Waals surface area (Å²) in [4.78, 5) is 23.0. The van der Waals surface area contributed by atoms with Gasteiger partial charge in [0, 0.05) is 0 Å². The fourth-order valence-electron chi connectivity index (χ4n) is 2.49. The molecule has 5 nitrogen and oxygen atoms in total. The minimum atomic E-state index is -0.502. The van der Waals surface area contributed by atoms with Gasteiger partial charge in [-0.25, -0.2) is 0 Å². The zero-order valence-corrected chi connectivity index (χ0v) is 15.6. The summed E-state index contributed by atoms with van der Waals surface area (Å²) >= 11 is 0. The number of carbonyl (C=O) groups excluding carboxylic acids is 2. The normalized spacial score (nSPS) is 10.9. The van der Waals surface area contributed by atoms with Gasteiger partial charge in [-0.05, 0) is 44.0 Å². The highest BCUT2D eigenvalue weighted by Gasteiger charge is 2.16. The molecule has 2 rings (SSSR count). The van der Waals surface area contributed by atoms with E-state index in [1.165, 1.54) is 7.11 Å². The minimum absolute atomic E-state index is 0.203. The van der Waals surface area contributed by atoms with E-state index in [4.69, 9.17) is 14.2 Å². The first-order chi connectivity index (χ1) is 12.3. The van der Waals surface area contributed by atoms with Crippen LogP contribution in [0.5, 0.6) is 11.5 Å². The fourth-order valence-corrected chi connectivity index (χ4v) is 2.49. The first-order valence-corrected chi connectivity index (χ1v) is 8.37. The first kappa shape index (κ1) is 19.5. The third kappa shape index (κ3) is 5.62. The Kier molecular flexibility index (Phi) is 6.39. The molecule has 0 aliphatic heterocycles. The van der Waals surface area contributed by atoms with Gasteiger partial charge in [-0.3, -0.25) is 9.59 Å². The number of carbonyl (C=O) groups is 2. The third-order valence-corrected chi connectivity index (χ3v) is 3.49. The Morgan fingerprint density at radius 3 is 2.42 bits per heavy atom. The van der Waals surface area contributed by atoms with Crippen molar-refractivity contribution in [1.82, 2.24) is 0 Å². The van der Waals surface area contributed by atoms with Crippen molar-refractivity contribution in [2.45, 2.75) is 39.4 Å².